The predicted molar refractivity (Wildman–Crippen MR) is 73.5 cm³/mol. The van der Waals surface area contributed by atoms with Gasteiger partial charge in [-0.25, -0.2) is 0 Å². The van der Waals surface area contributed by atoms with Gasteiger partial charge >= 0.3 is 0 Å². The number of piperidine rings is 2. The van der Waals surface area contributed by atoms with Gasteiger partial charge in [-0.2, -0.15) is 0 Å². The zero-order chi connectivity index (χ0) is 13.0. The lowest BCUT2D eigenvalue weighted by Gasteiger charge is -2.37. The summed E-state index contributed by atoms with van der Waals surface area (Å²) in [6.45, 7) is 5.87. The van der Waals surface area contributed by atoms with Gasteiger partial charge in [-0.15, -0.1) is 0 Å². The molecule has 1 N–H and O–H groups in total. The minimum atomic E-state index is 0.315. The van der Waals surface area contributed by atoms with E-state index in [4.69, 9.17) is 0 Å². The van der Waals surface area contributed by atoms with Crippen LogP contribution in [0.3, 0.4) is 0 Å². The van der Waals surface area contributed by atoms with Crippen LogP contribution < -0.4 is 5.32 Å². The maximum absolute atomic E-state index is 12.3. The van der Waals surface area contributed by atoms with E-state index in [1.165, 1.54) is 32.1 Å². The van der Waals surface area contributed by atoms with Crippen molar-refractivity contribution in [3.05, 3.63) is 0 Å². The Kier molecular flexibility index (Phi) is 5.01. The van der Waals surface area contributed by atoms with Gasteiger partial charge in [-0.3, -0.25) is 9.69 Å². The fourth-order valence-corrected chi connectivity index (χ4v) is 3.11. The Hall–Kier alpha value is -0.610. The first-order valence-corrected chi connectivity index (χ1v) is 7.39. The van der Waals surface area contributed by atoms with Crippen molar-refractivity contribution in [1.29, 1.82) is 0 Å². The van der Waals surface area contributed by atoms with Crippen molar-refractivity contribution in [2.45, 2.75) is 51.1 Å². The summed E-state index contributed by atoms with van der Waals surface area (Å²) >= 11 is 0. The average Bonchev–Trinajstić information content (AvgIpc) is 2.40. The molecule has 2 heterocycles. The van der Waals surface area contributed by atoms with Gasteiger partial charge in [0.25, 0.3) is 0 Å². The zero-order valence-electron chi connectivity index (χ0n) is 11.8. The molecule has 0 saturated carbocycles. The van der Waals surface area contributed by atoms with Gasteiger partial charge in [0.05, 0.1) is 6.54 Å². The molecule has 2 fully saturated rings. The largest absolute Gasteiger partial charge is 0.339 e. The first-order valence-electron chi connectivity index (χ1n) is 7.39. The second-order valence-electron chi connectivity index (χ2n) is 5.85. The number of nitrogens with zero attached hydrogens (tertiary/aromatic N) is 2. The summed E-state index contributed by atoms with van der Waals surface area (Å²) in [4.78, 5) is 16.6. The molecule has 0 aromatic rings. The van der Waals surface area contributed by atoms with Crippen LogP contribution in [0.25, 0.3) is 0 Å². The minimum absolute atomic E-state index is 0.315. The number of likely N-dealkylation sites (tertiary alicyclic amines) is 1. The van der Waals surface area contributed by atoms with Crippen LogP contribution in [0.5, 0.6) is 0 Å². The molecule has 0 bridgehead atoms. The van der Waals surface area contributed by atoms with Crippen LogP contribution in [-0.4, -0.2) is 61.0 Å². The number of amides is 1. The highest BCUT2D eigenvalue weighted by atomic mass is 16.2. The molecule has 0 radical (unpaired) electrons. The van der Waals surface area contributed by atoms with E-state index in [1.54, 1.807) is 0 Å². The normalized spacial score (nSPS) is 29.6. The highest BCUT2D eigenvalue weighted by molar-refractivity contribution is 5.78. The Morgan fingerprint density at radius 1 is 1.33 bits per heavy atom. The molecule has 0 spiro atoms. The van der Waals surface area contributed by atoms with Crippen LogP contribution in [-0.2, 0) is 4.79 Å². The van der Waals surface area contributed by atoms with Crippen LogP contribution in [0.2, 0.25) is 0 Å². The number of hydrogen-bond donors (Lipinski definition) is 1. The first kappa shape index (κ1) is 13.8. The topological polar surface area (TPSA) is 35.6 Å². The van der Waals surface area contributed by atoms with Crippen molar-refractivity contribution in [2.24, 2.45) is 0 Å². The van der Waals surface area contributed by atoms with Crippen LogP contribution in [0, 0.1) is 0 Å². The van der Waals surface area contributed by atoms with Crippen molar-refractivity contribution < 1.29 is 4.79 Å². The van der Waals surface area contributed by atoms with Crippen LogP contribution in [0.1, 0.15) is 39.0 Å². The molecular weight excluding hydrogens is 226 g/mol. The van der Waals surface area contributed by atoms with Gasteiger partial charge in [0.15, 0.2) is 0 Å². The lowest BCUT2D eigenvalue weighted by atomic mass is 10.0. The lowest BCUT2D eigenvalue weighted by molar-refractivity contribution is -0.135. The first-order chi connectivity index (χ1) is 8.68. The molecule has 0 aromatic heterocycles. The number of carbonyl (C=O) groups is 1. The zero-order valence-corrected chi connectivity index (χ0v) is 11.8. The van der Waals surface area contributed by atoms with Crippen molar-refractivity contribution in [1.82, 2.24) is 15.1 Å². The van der Waals surface area contributed by atoms with E-state index in [0.29, 0.717) is 24.5 Å². The van der Waals surface area contributed by atoms with E-state index in [-0.39, 0.29) is 0 Å². The second-order valence-corrected chi connectivity index (χ2v) is 5.85. The van der Waals surface area contributed by atoms with Gasteiger partial charge in [0.1, 0.15) is 0 Å². The molecule has 2 atom stereocenters. The monoisotopic (exact) mass is 253 g/mol. The van der Waals surface area contributed by atoms with E-state index in [0.717, 1.165) is 19.6 Å². The summed E-state index contributed by atoms with van der Waals surface area (Å²) in [5.74, 6) is 0.315. The Bertz CT molecular complexity index is 276. The number of rotatable bonds is 3. The smallest absolute Gasteiger partial charge is 0.236 e. The van der Waals surface area contributed by atoms with E-state index >= 15 is 0 Å². The molecule has 104 valence electrons. The Labute approximate surface area is 111 Å². The van der Waals surface area contributed by atoms with Gasteiger partial charge in [0.2, 0.25) is 5.91 Å². The van der Waals surface area contributed by atoms with Gasteiger partial charge < -0.3 is 10.2 Å². The van der Waals surface area contributed by atoms with E-state index in [1.807, 2.05) is 0 Å². The highest BCUT2D eigenvalue weighted by Crippen LogP contribution is 2.17. The number of carbonyl (C=O) groups excluding carboxylic acids is 1. The molecule has 2 aliphatic rings. The molecule has 4 nitrogen and oxygen atoms in total. The lowest BCUT2D eigenvalue weighted by Crippen LogP contribution is -2.50. The second kappa shape index (κ2) is 6.53. The standard InChI is InChI=1S/C14H27N3O/c1-12-6-3-4-9-17(12)14(18)11-16(2)13-7-5-8-15-10-13/h12-13,15H,3-11H2,1-2H3. The van der Waals surface area contributed by atoms with Crippen molar-refractivity contribution in [2.75, 3.05) is 33.2 Å². The molecule has 2 saturated heterocycles. The Morgan fingerprint density at radius 3 is 2.83 bits per heavy atom. The Morgan fingerprint density at radius 2 is 2.17 bits per heavy atom. The summed E-state index contributed by atoms with van der Waals surface area (Å²) in [5.41, 5.74) is 0. The molecule has 4 heteroatoms. The quantitative estimate of drug-likeness (QED) is 0.817. The maximum Gasteiger partial charge on any atom is 0.236 e. The molecule has 1 amide bonds. The molecule has 0 aliphatic carbocycles. The van der Waals surface area contributed by atoms with E-state index < -0.39 is 0 Å². The molecule has 2 unspecified atom stereocenters. The van der Waals surface area contributed by atoms with E-state index in [2.05, 4.69) is 29.1 Å². The average molecular weight is 253 g/mol. The van der Waals surface area contributed by atoms with Crippen molar-refractivity contribution in [3.8, 4) is 0 Å². The molecule has 2 rings (SSSR count). The van der Waals surface area contributed by atoms with Crippen LogP contribution in [0.15, 0.2) is 0 Å². The third-order valence-electron chi connectivity index (χ3n) is 4.40. The fourth-order valence-electron chi connectivity index (χ4n) is 3.11. The number of hydrogen-bond acceptors (Lipinski definition) is 3. The minimum Gasteiger partial charge on any atom is -0.339 e. The SMILES string of the molecule is CC1CCCCN1C(=O)CN(C)C1CCCNC1. The number of likely N-dealkylation sites (N-methyl/N-ethyl adjacent to an activating group) is 1. The third kappa shape index (κ3) is 3.45. The van der Waals surface area contributed by atoms with Crippen molar-refractivity contribution in [3.63, 3.8) is 0 Å². The summed E-state index contributed by atoms with van der Waals surface area (Å²) in [5, 5.41) is 3.41. The summed E-state index contributed by atoms with van der Waals surface area (Å²) in [6.07, 6.45) is 6.05. The van der Waals surface area contributed by atoms with Gasteiger partial charge in [-0.05, 0) is 52.6 Å². The van der Waals surface area contributed by atoms with Crippen LogP contribution >= 0.6 is 0 Å². The summed E-state index contributed by atoms with van der Waals surface area (Å²) < 4.78 is 0. The molecular formula is C14H27N3O. The summed E-state index contributed by atoms with van der Waals surface area (Å²) in [7, 11) is 2.09. The fraction of sp³-hybridized carbons (Fsp3) is 0.929. The summed E-state index contributed by atoms with van der Waals surface area (Å²) in [6, 6.07) is 0.965. The molecule has 0 aromatic carbocycles. The maximum atomic E-state index is 12.3. The van der Waals surface area contributed by atoms with Crippen LogP contribution in [0.4, 0.5) is 0 Å². The van der Waals surface area contributed by atoms with Crippen molar-refractivity contribution >= 4 is 5.91 Å². The third-order valence-corrected chi connectivity index (χ3v) is 4.40. The van der Waals surface area contributed by atoms with Gasteiger partial charge in [0, 0.05) is 25.2 Å². The van der Waals surface area contributed by atoms with E-state index in [9.17, 15) is 4.79 Å². The molecule has 2 aliphatic heterocycles. The Balaban J connectivity index is 1.81. The highest BCUT2D eigenvalue weighted by Gasteiger charge is 2.26. The molecule has 18 heavy (non-hydrogen) atoms. The number of nitrogens with one attached hydrogen (secondary N) is 1. The van der Waals surface area contributed by atoms with Gasteiger partial charge in [-0.1, -0.05) is 0 Å². The predicted octanol–water partition coefficient (Wildman–Crippen LogP) is 1.07.